The van der Waals surface area contributed by atoms with Gasteiger partial charge in [0.15, 0.2) is 0 Å². The summed E-state index contributed by atoms with van der Waals surface area (Å²) in [6.07, 6.45) is 0. The maximum atomic E-state index is 13.0. The summed E-state index contributed by atoms with van der Waals surface area (Å²) < 4.78 is 13.7. The van der Waals surface area contributed by atoms with E-state index < -0.39 is 11.8 Å². The number of hydrogen-bond donors (Lipinski definition) is 2. The van der Waals surface area contributed by atoms with Crippen molar-refractivity contribution >= 4 is 33.7 Å². The van der Waals surface area contributed by atoms with Gasteiger partial charge in [-0.1, -0.05) is 15.9 Å². The molecule has 1 fully saturated rings. The third kappa shape index (κ3) is 2.68. The highest BCUT2D eigenvalue weighted by Gasteiger charge is 2.24. The molecule has 2 amide bonds. The Kier molecular flexibility index (Phi) is 3.19. The summed E-state index contributed by atoms with van der Waals surface area (Å²) in [5.41, 5.74) is 0.618. The molecule has 1 aliphatic heterocycles. The van der Waals surface area contributed by atoms with E-state index in [-0.39, 0.29) is 18.3 Å². The molecule has 0 atom stereocenters. The van der Waals surface area contributed by atoms with Crippen LogP contribution in [-0.2, 0) is 16.1 Å². The fourth-order valence-corrected chi connectivity index (χ4v) is 1.64. The lowest BCUT2D eigenvalue weighted by Gasteiger charge is -2.02. The SMILES string of the molecule is O=C1NC(=NCc2cc(F)ccc2Br)NC1=O. The third-order valence-electron chi connectivity index (χ3n) is 2.09. The van der Waals surface area contributed by atoms with Crippen molar-refractivity contribution < 1.29 is 14.0 Å². The highest BCUT2D eigenvalue weighted by Crippen LogP contribution is 2.18. The number of guanidine groups is 1. The maximum absolute atomic E-state index is 13.0. The molecular formula is C10H7BrFN3O2. The Labute approximate surface area is 104 Å². The van der Waals surface area contributed by atoms with Gasteiger partial charge in [0.25, 0.3) is 0 Å². The van der Waals surface area contributed by atoms with Crippen LogP contribution in [0.1, 0.15) is 5.56 Å². The Hall–Kier alpha value is -1.76. The van der Waals surface area contributed by atoms with Crippen LogP contribution in [0.3, 0.4) is 0 Å². The minimum atomic E-state index is -0.748. The summed E-state index contributed by atoms with van der Waals surface area (Å²) in [6, 6.07) is 4.21. The second-order valence-electron chi connectivity index (χ2n) is 3.31. The van der Waals surface area contributed by atoms with Crippen molar-refractivity contribution in [3.05, 3.63) is 34.1 Å². The molecule has 5 nitrogen and oxygen atoms in total. The number of benzene rings is 1. The van der Waals surface area contributed by atoms with E-state index in [1.807, 2.05) is 0 Å². The molecule has 1 saturated heterocycles. The van der Waals surface area contributed by atoms with Crippen molar-refractivity contribution in [2.45, 2.75) is 6.54 Å². The zero-order valence-corrected chi connectivity index (χ0v) is 10.0. The molecule has 0 saturated carbocycles. The van der Waals surface area contributed by atoms with Gasteiger partial charge in [-0.05, 0) is 23.8 Å². The monoisotopic (exact) mass is 299 g/mol. The van der Waals surface area contributed by atoms with Gasteiger partial charge in [-0.25, -0.2) is 9.38 Å². The van der Waals surface area contributed by atoms with Gasteiger partial charge in [-0.3, -0.25) is 20.2 Å². The first-order valence-electron chi connectivity index (χ1n) is 4.67. The zero-order chi connectivity index (χ0) is 12.4. The lowest BCUT2D eigenvalue weighted by molar-refractivity contribution is -0.135. The quantitative estimate of drug-likeness (QED) is 0.789. The molecule has 17 heavy (non-hydrogen) atoms. The summed E-state index contributed by atoms with van der Waals surface area (Å²) in [4.78, 5) is 25.6. The minimum absolute atomic E-state index is 0.0798. The minimum Gasteiger partial charge on any atom is -0.288 e. The van der Waals surface area contributed by atoms with Crippen LogP contribution in [0, 0.1) is 5.82 Å². The first-order chi connectivity index (χ1) is 8.06. The summed E-state index contributed by atoms with van der Waals surface area (Å²) in [5, 5.41) is 4.50. The van der Waals surface area contributed by atoms with Crippen molar-refractivity contribution in [3.63, 3.8) is 0 Å². The van der Waals surface area contributed by atoms with E-state index >= 15 is 0 Å². The summed E-state index contributed by atoms with van der Waals surface area (Å²) in [6.45, 7) is 0.147. The Morgan fingerprint density at radius 1 is 1.24 bits per heavy atom. The topological polar surface area (TPSA) is 70.6 Å². The Balaban J connectivity index is 2.12. The van der Waals surface area contributed by atoms with Crippen LogP contribution in [-0.4, -0.2) is 17.8 Å². The Morgan fingerprint density at radius 3 is 2.53 bits per heavy atom. The second kappa shape index (κ2) is 4.62. The predicted molar refractivity (Wildman–Crippen MR) is 61.5 cm³/mol. The van der Waals surface area contributed by atoms with Crippen LogP contribution in [0.2, 0.25) is 0 Å². The van der Waals surface area contributed by atoms with Crippen LogP contribution in [0.5, 0.6) is 0 Å². The first-order valence-corrected chi connectivity index (χ1v) is 5.46. The van der Waals surface area contributed by atoms with Gasteiger partial charge in [0.05, 0.1) is 6.54 Å². The van der Waals surface area contributed by atoms with E-state index in [0.29, 0.717) is 10.0 Å². The highest BCUT2D eigenvalue weighted by atomic mass is 79.9. The zero-order valence-electron chi connectivity index (χ0n) is 8.46. The molecule has 0 aliphatic carbocycles. The van der Waals surface area contributed by atoms with Crippen molar-refractivity contribution in [1.82, 2.24) is 10.6 Å². The normalized spacial score (nSPS) is 14.6. The molecule has 7 heteroatoms. The van der Waals surface area contributed by atoms with E-state index in [0.717, 1.165) is 0 Å². The van der Waals surface area contributed by atoms with Crippen molar-refractivity contribution in [3.8, 4) is 0 Å². The largest absolute Gasteiger partial charge is 0.316 e. The summed E-state index contributed by atoms with van der Waals surface area (Å²) in [5.74, 6) is -1.79. The fourth-order valence-electron chi connectivity index (χ4n) is 1.27. The van der Waals surface area contributed by atoms with Crippen molar-refractivity contribution in [2.24, 2.45) is 4.99 Å². The first kappa shape index (κ1) is 11.7. The number of carbonyl (C=O) groups excluding carboxylic acids is 2. The average Bonchev–Trinajstić information content (AvgIpc) is 2.60. The number of carbonyl (C=O) groups is 2. The van der Waals surface area contributed by atoms with Gasteiger partial charge in [0.1, 0.15) is 5.82 Å². The Bertz CT molecular complexity index is 512. The van der Waals surface area contributed by atoms with Crippen LogP contribution >= 0.6 is 15.9 Å². The van der Waals surface area contributed by atoms with Crippen molar-refractivity contribution in [1.29, 1.82) is 0 Å². The van der Waals surface area contributed by atoms with E-state index in [4.69, 9.17) is 0 Å². The van der Waals surface area contributed by atoms with Crippen LogP contribution < -0.4 is 10.6 Å². The number of aliphatic imine (C=N–C) groups is 1. The standard InChI is InChI=1S/C10H7BrFN3O2/c11-7-2-1-6(12)3-5(7)4-13-10-14-8(16)9(17)15-10/h1-3H,4H2,(H2,13,14,15,16,17). The number of amides is 2. The molecule has 0 bridgehead atoms. The van der Waals surface area contributed by atoms with Gasteiger partial charge in [-0.15, -0.1) is 0 Å². The van der Waals surface area contributed by atoms with E-state index in [1.165, 1.54) is 12.1 Å². The van der Waals surface area contributed by atoms with Gasteiger partial charge >= 0.3 is 11.8 Å². The molecular weight excluding hydrogens is 293 g/mol. The molecule has 88 valence electrons. The van der Waals surface area contributed by atoms with E-state index in [2.05, 4.69) is 31.6 Å². The number of nitrogens with one attached hydrogen (secondary N) is 2. The van der Waals surface area contributed by atoms with Crippen LogP contribution in [0.15, 0.2) is 27.7 Å². The number of rotatable bonds is 2. The highest BCUT2D eigenvalue weighted by molar-refractivity contribution is 9.10. The lowest BCUT2D eigenvalue weighted by Crippen LogP contribution is -2.25. The molecule has 1 aromatic carbocycles. The molecule has 0 unspecified atom stereocenters. The molecule has 2 N–H and O–H groups in total. The third-order valence-corrected chi connectivity index (χ3v) is 2.86. The fraction of sp³-hybridized carbons (Fsp3) is 0.100. The Morgan fingerprint density at radius 2 is 1.88 bits per heavy atom. The van der Waals surface area contributed by atoms with Crippen LogP contribution in [0.4, 0.5) is 4.39 Å². The molecule has 1 aromatic rings. The van der Waals surface area contributed by atoms with Gasteiger partial charge < -0.3 is 0 Å². The number of halogens is 2. The summed E-state index contributed by atoms with van der Waals surface area (Å²) >= 11 is 3.25. The lowest BCUT2D eigenvalue weighted by atomic mass is 10.2. The molecule has 1 heterocycles. The smallest absolute Gasteiger partial charge is 0.288 e. The summed E-state index contributed by atoms with van der Waals surface area (Å²) in [7, 11) is 0. The maximum Gasteiger partial charge on any atom is 0.316 e. The molecule has 0 aromatic heterocycles. The van der Waals surface area contributed by atoms with E-state index in [1.54, 1.807) is 6.07 Å². The van der Waals surface area contributed by atoms with Gasteiger partial charge in [0, 0.05) is 4.47 Å². The van der Waals surface area contributed by atoms with Crippen molar-refractivity contribution in [2.75, 3.05) is 0 Å². The molecule has 0 spiro atoms. The number of nitrogens with zero attached hydrogens (tertiary/aromatic N) is 1. The number of hydrogen-bond acceptors (Lipinski definition) is 3. The predicted octanol–water partition coefficient (Wildman–Crippen LogP) is 0.690. The molecule has 1 aliphatic rings. The average molecular weight is 300 g/mol. The molecule has 0 radical (unpaired) electrons. The second-order valence-corrected chi connectivity index (χ2v) is 4.16. The van der Waals surface area contributed by atoms with Gasteiger partial charge in [0.2, 0.25) is 5.96 Å². The van der Waals surface area contributed by atoms with E-state index in [9.17, 15) is 14.0 Å². The molecule has 2 rings (SSSR count). The van der Waals surface area contributed by atoms with Crippen LogP contribution in [0.25, 0.3) is 0 Å². The van der Waals surface area contributed by atoms with Gasteiger partial charge in [-0.2, -0.15) is 0 Å².